The normalized spacial score (nSPS) is 21.8. The molecule has 1 atom stereocenters. The number of aromatic nitrogens is 2. The van der Waals surface area contributed by atoms with Gasteiger partial charge in [-0.25, -0.2) is 0 Å². The fraction of sp³-hybridized carbons (Fsp3) is 0.500. The summed E-state index contributed by atoms with van der Waals surface area (Å²) in [5.74, 6) is 1.71. The van der Waals surface area contributed by atoms with E-state index in [4.69, 9.17) is 10.3 Å². The van der Waals surface area contributed by atoms with Gasteiger partial charge in [0.2, 0.25) is 0 Å². The molecule has 2 aromatic rings. The van der Waals surface area contributed by atoms with Crippen molar-refractivity contribution in [3.8, 4) is 11.3 Å². The van der Waals surface area contributed by atoms with Crippen molar-refractivity contribution in [1.82, 2.24) is 10.1 Å². The molecule has 2 heterocycles. The van der Waals surface area contributed by atoms with Crippen LogP contribution in [-0.2, 0) is 0 Å². The molecule has 0 spiro atoms. The minimum absolute atomic E-state index is 0.216. The summed E-state index contributed by atoms with van der Waals surface area (Å²) in [6.45, 7) is 4.61. The topological polar surface area (TPSA) is 64.9 Å². The van der Waals surface area contributed by atoms with E-state index in [1.165, 1.54) is 19.3 Å². The van der Waals surface area contributed by atoms with E-state index in [0.717, 1.165) is 23.4 Å². The highest BCUT2D eigenvalue weighted by molar-refractivity contribution is 5.73. The Hall–Kier alpha value is -1.84. The molecule has 4 heteroatoms. The van der Waals surface area contributed by atoms with E-state index in [-0.39, 0.29) is 5.41 Å². The Kier molecular flexibility index (Phi) is 3.24. The molecule has 1 aliphatic carbocycles. The van der Waals surface area contributed by atoms with Crippen LogP contribution in [0.25, 0.3) is 11.3 Å². The van der Waals surface area contributed by atoms with Gasteiger partial charge >= 0.3 is 0 Å². The van der Waals surface area contributed by atoms with Gasteiger partial charge in [-0.05, 0) is 30.4 Å². The van der Waals surface area contributed by atoms with E-state index in [1.807, 2.05) is 18.2 Å². The summed E-state index contributed by atoms with van der Waals surface area (Å²) in [4.78, 5) is 4.41. The molecule has 2 aromatic heterocycles. The molecule has 4 nitrogen and oxygen atoms in total. The summed E-state index contributed by atoms with van der Waals surface area (Å²) >= 11 is 0. The van der Waals surface area contributed by atoms with Gasteiger partial charge in [0.15, 0.2) is 11.6 Å². The third kappa shape index (κ3) is 2.19. The van der Waals surface area contributed by atoms with Crippen molar-refractivity contribution in [1.29, 1.82) is 0 Å². The molecule has 1 fully saturated rings. The van der Waals surface area contributed by atoms with Crippen LogP contribution in [0.3, 0.4) is 0 Å². The van der Waals surface area contributed by atoms with Crippen LogP contribution in [0.2, 0.25) is 0 Å². The van der Waals surface area contributed by atoms with Crippen LogP contribution in [0.5, 0.6) is 0 Å². The van der Waals surface area contributed by atoms with Crippen LogP contribution >= 0.6 is 0 Å². The molecule has 2 N–H and O–H groups in total. The van der Waals surface area contributed by atoms with Crippen molar-refractivity contribution in [3.05, 3.63) is 30.2 Å². The first-order valence-electron chi connectivity index (χ1n) is 7.26. The second-order valence-corrected chi connectivity index (χ2v) is 6.31. The summed E-state index contributed by atoms with van der Waals surface area (Å²) in [6.07, 6.45) is 6.63. The number of pyridine rings is 1. The predicted octanol–water partition coefficient (Wildman–Crippen LogP) is 4.00. The fourth-order valence-corrected chi connectivity index (χ4v) is 3.30. The van der Waals surface area contributed by atoms with Crippen LogP contribution in [0, 0.1) is 5.41 Å². The first-order chi connectivity index (χ1) is 9.59. The summed E-state index contributed by atoms with van der Waals surface area (Å²) in [5.41, 5.74) is 7.97. The molecule has 106 valence electrons. The maximum atomic E-state index is 6.02. The zero-order valence-corrected chi connectivity index (χ0v) is 12.1. The lowest BCUT2D eigenvalue weighted by atomic mass is 9.67. The largest absolute Gasteiger partial charge is 0.380 e. The SMILES string of the molecule is CC1(C)CCCCC1c1onc(N)c1-c1ccccn1. The molecule has 1 unspecified atom stereocenters. The average molecular weight is 271 g/mol. The van der Waals surface area contributed by atoms with Gasteiger partial charge in [-0.3, -0.25) is 4.98 Å². The Morgan fingerprint density at radius 1 is 1.30 bits per heavy atom. The third-order valence-corrected chi connectivity index (χ3v) is 4.49. The summed E-state index contributed by atoms with van der Waals surface area (Å²) in [5, 5.41) is 4.00. The van der Waals surface area contributed by atoms with Gasteiger partial charge in [0, 0.05) is 12.1 Å². The Morgan fingerprint density at radius 2 is 2.15 bits per heavy atom. The summed E-state index contributed by atoms with van der Waals surface area (Å²) < 4.78 is 5.61. The standard InChI is InChI=1S/C16H21N3O/c1-16(2)9-5-3-7-11(16)14-13(15(17)19-20-14)12-8-4-6-10-18-12/h4,6,8,10-11H,3,5,7,9H2,1-2H3,(H2,17,19). The van der Waals surface area contributed by atoms with Crippen LogP contribution in [-0.4, -0.2) is 10.1 Å². The van der Waals surface area contributed by atoms with Crippen LogP contribution < -0.4 is 5.73 Å². The van der Waals surface area contributed by atoms with E-state index in [1.54, 1.807) is 6.20 Å². The van der Waals surface area contributed by atoms with Crippen molar-refractivity contribution >= 4 is 5.82 Å². The number of hydrogen-bond donors (Lipinski definition) is 1. The van der Waals surface area contributed by atoms with Crippen LogP contribution in [0.15, 0.2) is 28.9 Å². The van der Waals surface area contributed by atoms with Gasteiger partial charge in [0.1, 0.15) is 0 Å². The van der Waals surface area contributed by atoms with Gasteiger partial charge < -0.3 is 10.3 Å². The van der Waals surface area contributed by atoms with Crippen molar-refractivity contribution < 1.29 is 4.52 Å². The Bertz CT molecular complexity index is 589. The second kappa shape index (κ2) is 4.93. The minimum Gasteiger partial charge on any atom is -0.380 e. The molecule has 0 bridgehead atoms. The molecule has 3 rings (SSSR count). The monoisotopic (exact) mass is 271 g/mol. The number of nitrogens with two attached hydrogens (primary N) is 1. The highest BCUT2D eigenvalue weighted by atomic mass is 16.5. The van der Waals surface area contributed by atoms with E-state index >= 15 is 0 Å². The van der Waals surface area contributed by atoms with Crippen LogP contribution in [0.4, 0.5) is 5.82 Å². The number of nitrogens with zero attached hydrogens (tertiary/aromatic N) is 2. The quantitative estimate of drug-likeness (QED) is 0.896. The van der Waals surface area contributed by atoms with E-state index in [2.05, 4.69) is 24.0 Å². The lowest BCUT2D eigenvalue weighted by Gasteiger charge is -2.37. The zero-order chi connectivity index (χ0) is 14.2. The lowest BCUT2D eigenvalue weighted by molar-refractivity contribution is 0.169. The molecule has 0 radical (unpaired) electrons. The predicted molar refractivity (Wildman–Crippen MR) is 79.1 cm³/mol. The first-order valence-corrected chi connectivity index (χ1v) is 7.26. The van der Waals surface area contributed by atoms with Gasteiger partial charge in [-0.1, -0.05) is 37.9 Å². The van der Waals surface area contributed by atoms with Crippen molar-refractivity contribution in [2.24, 2.45) is 5.41 Å². The van der Waals surface area contributed by atoms with E-state index in [9.17, 15) is 0 Å². The molecule has 1 aliphatic rings. The Morgan fingerprint density at radius 3 is 2.85 bits per heavy atom. The molecule has 0 aliphatic heterocycles. The third-order valence-electron chi connectivity index (χ3n) is 4.49. The van der Waals surface area contributed by atoms with Gasteiger partial charge in [0.25, 0.3) is 0 Å². The van der Waals surface area contributed by atoms with Crippen molar-refractivity contribution in [3.63, 3.8) is 0 Å². The van der Waals surface area contributed by atoms with E-state index in [0.29, 0.717) is 11.7 Å². The zero-order valence-electron chi connectivity index (χ0n) is 12.1. The number of hydrogen-bond acceptors (Lipinski definition) is 4. The van der Waals surface area contributed by atoms with Gasteiger partial charge in [0.05, 0.1) is 11.3 Å². The maximum Gasteiger partial charge on any atom is 0.176 e. The highest BCUT2D eigenvalue weighted by Crippen LogP contribution is 2.49. The van der Waals surface area contributed by atoms with Crippen molar-refractivity contribution in [2.75, 3.05) is 5.73 Å². The number of rotatable bonds is 2. The Labute approximate surface area is 119 Å². The molecule has 1 saturated carbocycles. The Balaban J connectivity index is 2.07. The molecule has 20 heavy (non-hydrogen) atoms. The molecule has 0 saturated heterocycles. The van der Waals surface area contributed by atoms with E-state index < -0.39 is 0 Å². The van der Waals surface area contributed by atoms with Crippen LogP contribution in [0.1, 0.15) is 51.2 Å². The highest BCUT2D eigenvalue weighted by Gasteiger charge is 2.38. The van der Waals surface area contributed by atoms with Crippen molar-refractivity contribution in [2.45, 2.75) is 45.4 Å². The van der Waals surface area contributed by atoms with Gasteiger partial charge in [-0.15, -0.1) is 0 Å². The summed E-state index contributed by atoms with van der Waals surface area (Å²) in [6, 6.07) is 5.82. The summed E-state index contributed by atoms with van der Waals surface area (Å²) in [7, 11) is 0. The number of nitrogen functional groups attached to an aromatic ring is 1. The number of anilines is 1. The van der Waals surface area contributed by atoms with Gasteiger partial charge in [-0.2, -0.15) is 0 Å². The average Bonchev–Trinajstić information content (AvgIpc) is 2.81. The smallest absolute Gasteiger partial charge is 0.176 e. The molecular formula is C16H21N3O. The first kappa shape index (κ1) is 13.2. The maximum absolute atomic E-state index is 6.02. The second-order valence-electron chi connectivity index (χ2n) is 6.31. The molecule has 0 amide bonds. The fourth-order valence-electron chi connectivity index (χ4n) is 3.30. The molecular weight excluding hydrogens is 250 g/mol. The molecule has 0 aromatic carbocycles. The minimum atomic E-state index is 0.216. The lowest BCUT2D eigenvalue weighted by Crippen LogP contribution is -2.26.